The van der Waals surface area contributed by atoms with Crippen LogP contribution in [-0.2, 0) is 14.4 Å². The van der Waals surface area contributed by atoms with Crippen molar-refractivity contribution in [1.82, 2.24) is 5.32 Å². The summed E-state index contributed by atoms with van der Waals surface area (Å²) in [5, 5.41) is 4.95. The van der Waals surface area contributed by atoms with Gasteiger partial charge in [-0.1, -0.05) is 18.2 Å². The Morgan fingerprint density at radius 2 is 1.81 bits per heavy atom. The van der Waals surface area contributed by atoms with Gasteiger partial charge in [0.15, 0.2) is 6.61 Å². The van der Waals surface area contributed by atoms with E-state index in [2.05, 4.69) is 26.6 Å². The standard InChI is InChI=1S/C27H22BrN3O6/c1-16-4-3-5-18(12-16)29-24(32)15-37-23-11-6-17(14-22(23)28)13-21-25(33)30-27(35)31(26(21)34)19-7-9-20(36-2)10-8-19/h3-14H,15H2,1-2H3,(H,29,32)(H,30,33,35)/b21-13+. The fraction of sp³-hybridized carbons (Fsp3) is 0.111. The van der Waals surface area contributed by atoms with E-state index in [1.165, 1.54) is 13.2 Å². The van der Waals surface area contributed by atoms with Crippen LogP contribution in [0.25, 0.3) is 6.08 Å². The fourth-order valence-corrected chi connectivity index (χ4v) is 4.09. The molecule has 1 fully saturated rings. The van der Waals surface area contributed by atoms with Crippen LogP contribution in [0.5, 0.6) is 11.5 Å². The van der Waals surface area contributed by atoms with E-state index in [0.29, 0.717) is 27.2 Å². The summed E-state index contributed by atoms with van der Waals surface area (Å²) in [6, 6.07) is 17.7. The first-order valence-electron chi connectivity index (χ1n) is 11.1. The number of anilines is 2. The van der Waals surface area contributed by atoms with Crippen LogP contribution in [0.15, 0.2) is 76.8 Å². The highest BCUT2D eigenvalue weighted by molar-refractivity contribution is 9.10. The van der Waals surface area contributed by atoms with Gasteiger partial charge in [-0.3, -0.25) is 19.7 Å². The lowest BCUT2D eigenvalue weighted by atomic mass is 10.1. The van der Waals surface area contributed by atoms with Gasteiger partial charge in [-0.25, -0.2) is 9.69 Å². The van der Waals surface area contributed by atoms with Gasteiger partial charge in [-0.05, 0) is 88.6 Å². The molecule has 4 rings (SSSR count). The predicted molar refractivity (Wildman–Crippen MR) is 141 cm³/mol. The van der Waals surface area contributed by atoms with E-state index >= 15 is 0 Å². The molecular formula is C27H22BrN3O6. The maximum atomic E-state index is 13.1. The van der Waals surface area contributed by atoms with E-state index in [4.69, 9.17) is 9.47 Å². The van der Waals surface area contributed by atoms with Crippen LogP contribution in [0, 0.1) is 6.92 Å². The highest BCUT2D eigenvalue weighted by Crippen LogP contribution is 2.29. The van der Waals surface area contributed by atoms with Gasteiger partial charge in [0.25, 0.3) is 17.7 Å². The highest BCUT2D eigenvalue weighted by atomic mass is 79.9. The number of hydrogen-bond donors (Lipinski definition) is 2. The van der Waals surface area contributed by atoms with E-state index in [0.717, 1.165) is 10.5 Å². The van der Waals surface area contributed by atoms with Crippen molar-refractivity contribution in [3.05, 3.63) is 87.9 Å². The molecule has 188 valence electrons. The Morgan fingerprint density at radius 3 is 2.49 bits per heavy atom. The number of hydrogen-bond acceptors (Lipinski definition) is 6. The first-order chi connectivity index (χ1) is 17.7. The van der Waals surface area contributed by atoms with Crippen molar-refractivity contribution in [3.8, 4) is 11.5 Å². The van der Waals surface area contributed by atoms with E-state index in [-0.39, 0.29) is 23.8 Å². The Balaban J connectivity index is 1.47. The second-order valence-electron chi connectivity index (χ2n) is 8.05. The van der Waals surface area contributed by atoms with Crippen molar-refractivity contribution in [3.63, 3.8) is 0 Å². The number of methoxy groups -OCH3 is 1. The maximum absolute atomic E-state index is 13.1. The summed E-state index contributed by atoms with van der Waals surface area (Å²) in [5.41, 5.74) is 2.27. The minimum atomic E-state index is -0.841. The Bertz CT molecular complexity index is 1420. The first kappa shape index (κ1) is 25.6. The topological polar surface area (TPSA) is 114 Å². The summed E-state index contributed by atoms with van der Waals surface area (Å²) in [6.07, 6.45) is 1.37. The summed E-state index contributed by atoms with van der Waals surface area (Å²) < 4.78 is 11.2. The molecule has 0 bridgehead atoms. The van der Waals surface area contributed by atoms with Gasteiger partial charge < -0.3 is 14.8 Å². The number of benzene rings is 3. The molecule has 1 aliphatic rings. The zero-order chi connectivity index (χ0) is 26.5. The van der Waals surface area contributed by atoms with E-state index in [1.54, 1.807) is 48.5 Å². The number of amides is 5. The number of aryl methyl sites for hydroxylation is 1. The van der Waals surface area contributed by atoms with Gasteiger partial charge >= 0.3 is 6.03 Å². The van der Waals surface area contributed by atoms with Gasteiger partial charge in [-0.15, -0.1) is 0 Å². The van der Waals surface area contributed by atoms with E-state index in [1.807, 2.05) is 25.1 Å². The van der Waals surface area contributed by atoms with E-state index < -0.39 is 17.8 Å². The number of nitrogens with one attached hydrogen (secondary N) is 2. The van der Waals surface area contributed by atoms with E-state index in [9.17, 15) is 19.2 Å². The van der Waals surface area contributed by atoms with Crippen LogP contribution in [0.1, 0.15) is 11.1 Å². The molecule has 1 heterocycles. The van der Waals surface area contributed by atoms with Crippen LogP contribution in [0.2, 0.25) is 0 Å². The molecular weight excluding hydrogens is 542 g/mol. The molecule has 0 saturated carbocycles. The van der Waals surface area contributed by atoms with Gasteiger partial charge in [0.1, 0.15) is 17.1 Å². The summed E-state index contributed by atoms with van der Waals surface area (Å²) in [7, 11) is 1.50. The van der Waals surface area contributed by atoms with Crippen LogP contribution in [0.4, 0.5) is 16.2 Å². The molecule has 1 saturated heterocycles. The number of carbonyl (C=O) groups is 4. The Labute approximate surface area is 221 Å². The normalized spacial score (nSPS) is 14.4. The van der Waals surface area contributed by atoms with Crippen molar-refractivity contribution < 1.29 is 28.7 Å². The Kier molecular flexibility index (Phi) is 7.69. The Morgan fingerprint density at radius 1 is 1.05 bits per heavy atom. The molecule has 0 spiro atoms. The van der Waals surface area contributed by atoms with Gasteiger partial charge in [0.2, 0.25) is 0 Å². The lowest BCUT2D eigenvalue weighted by molar-refractivity contribution is -0.122. The number of barbiturate groups is 1. The van der Waals surface area contributed by atoms with Crippen molar-refractivity contribution >= 4 is 57.1 Å². The second-order valence-corrected chi connectivity index (χ2v) is 8.91. The van der Waals surface area contributed by atoms with Gasteiger partial charge in [0.05, 0.1) is 17.3 Å². The molecule has 3 aromatic rings. The average molecular weight is 564 g/mol. The molecule has 0 radical (unpaired) electrons. The third kappa shape index (κ3) is 6.04. The number of nitrogens with zero attached hydrogens (tertiary/aromatic N) is 1. The molecule has 0 aromatic heterocycles. The molecule has 10 heteroatoms. The highest BCUT2D eigenvalue weighted by Gasteiger charge is 2.36. The molecule has 0 unspecified atom stereocenters. The average Bonchev–Trinajstić information content (AvgIpc) is 2.86. The molecule has 5 amide bonds. The molecule has 2 N–H and O–H groups in total. The lowest BCUT2D eigenvalue weighted by Crippen LogP contribution is -2.54. The predicted octanol–water partition coefficient (Wildman–Crippen LogP) is 4.45. The minimum Gasteiger partial charge on any atom is -0.497 e. The number of carbonyl (C=O) groups excluding carboxylic acids is 4. The molecule has 0 atom stereocenters. The largest absolute Gasteiger partial charge is 0.497 e. The molecule has 9 nitrogen and oxygen atoms in total. The van der Waals surface area contributed by atoms with Crippen molar-refractivity contribution in [1.29, 1.82) is 0 Å². The number of halogens is 1. The fourth-order valence-electron chi connectivity index (χ4n) is 3.58. The smallest absolute Gasteiger partial charge is 0.335 e. The molecule has 1 aliphatic heterocycles. The van der Waals surface area contributed by atoms with Gasteiger partial charge in [-0.2, -0.15) is 0 Å². The third-order valence-corrected chi connectivity index (χ3v) is 5.98. The van der Waals surface area contributed by atoms with Gasteiger partial charge in [0, 0.05) is 5.69 Å². The first-order valence-corrected chi connectivity index (χ1v) is 11.9. The monoisotopic (exact) mass is 563 g/mol. The summed E-state index contributed by atoms with van der Waals surface area (Å²) >= 11 is 3.39. The number of ether oxygens (including phenoxy) is 2. The Hall–Kier alpha value is -4.44. The summed E-state index contributed by atoms with van der Waals surface area (Å²) in [6.45, 7) is 1.71. The van der Waals surface area contributed by atoms with Crippen LogP contribution in [0.3, 0.4) is 0 Å². The maximum Gasteiger partial charge on any atom is 0.335 e. The summed E-state index contributed by atoms with van der Waals surface area (Å²) in [4.78, 5) is 51.0. The lowest BCUT2D eigenvalue weighted by Gasteiger charge is -2.26. The number of urea groups is 1. The van der Waals surface area contributed by atoms with Crippen molar-refractivity contribution in [2.24, 2.45) is 0 Å². The summed E-state index contributed by atoms with van der Waals surface area (Å²) in [5.74, 6) is -0.931. The molecule has 3 aromatic carbocycles. The second kappa shape index (κ2) is 11.1. The van der Waals surface area contributed by atoms with Crippen molar-refractivity contribution in [2.75, 3.05) is 23.9 Å². The number of rotatable bonds is 7. The SMILES string of the molecule is COc1ccc(N2C(=O)NC(=O)/C(=C\c3ccc(OCC(=O)Nc4cccc(C)c4)c(Br)c3)C2=O)cc1. The molecule has 0 aliphatic carbocycles. The van der Waals surface area contributed by atoms with Crippen LogP contribution in [-0.4, -0.2) is 37.5 Å². The number of imide groups is 2. The van der Waals surface area contributed by atoms with Crippen molar-refractivity contribution in [2.45, 2.75) is 6.92 Å². The minimum absolute atomic E-state index is 0.214. The third-order valence-electron chi connectivity index (χ3n) is 5.36. The zero-order valence-electron chi connectivity index (χ0n) is 19.9. The molecule has 37 heavy (non-hydrogen) atoms. The van der Waals surface area contributed by atoms with Crippen LogP contribution >= 0.6 is 15.9 Å². The van der Waals surface area contributed by atoms with Crippen LogP contribution < -0.4 is 25.0 Å². The quantitative estimate of drug-likeness (QED) is 0.324. The zero-order valence-corrected chi connectivity index (χ0v) is 21.5.